The summed E-state index contributed by atoms with van der Waals surface area (Å²) in [5.74, 6) is 0.148. The van der Waals surface area contributed by atoms with E-state index in [1.165, 1.54) is 10.4 Å². The van der Waals surface area contributed by atoms with Gasteiger partial charge in [0.15, 0.2) is 0 Å². The molecule has 0 bridgehead atoms. The predicted octanol–water partition coefficient (Wildman–Crippen LogP) is 3.01. The summed E-state index contributed by atoms with van der Waals surface area (Å²) >= 11 is 1.62. The van der Waals surface area contributed by atoms with Gasteiger partial charge in [-0.25, -0.2) is 0 Å². The fraction of sp³-hybridized carbons (Fsp3) is 0.722. The highest BCUT2D eigenvalue weighted by atomic mass is 32.1. The van der Waals surface area contributed by atoms with Crippen molar-refractivity contribution < 1.29 is 14.6 Å². The van der Waals surface area contributed by atoms with Crippen LogP contribution in [0.15, 0.2) is 6.07 Å². The van der Waals surface area contributed by atoms with Gasteiger partial charge in [-0.15, -0.1) is 11.3 Å². The SMILES string of the molecule is CCOC1CC(O)C12CCN(C(=O)c1cc(C)c(CC)s1)CC2. The van der Waals surface area contributed by atoms with Gasteiger partial charge < -0.3 is 14.7 Å². The van der Waals surface area contributed by atoms with E-state index < -0.39 is 0 Å². The minimum atomic E-state index is -0.271. The first-order chi connectivity index (χ1) is 11.0. The number of aliphatic hydroxyl groups is 1. The molecular formula is C18H27NO3S. The van der Waals surface area contributed by atoms with Crippen LogP contribution in [0.2, 0.25) is 0 Å². The van der Waals surface area contributed by atoms with Gasteiger partial charge in [-0.1, -0.05) is 6.92 Å². The van der Waals surface area contributed by atoms with Gasteiger partial charge in [0.1, 0.15) is 0 Å². The summed E-state index contributed by atoms with van der Waals surface area (Å²) in [5.41, 5.74) is 1.10. The standard InChI is InChI=1S/C18H27NO3S/c1-4-13-12(3)10-14(23-13)17(21)19-8-6-18(7-9-19)15(20)11-16(18)22-5-2/h10,15-16,20H,4-9,11H2,1-3H3. The molecule has 1 saturated carbocycles. The van der Waals surface area contributed by atoms with Crippen LogP contribution in [0.3, 0.4) is 0 Å². The largest absolute Gasteiger partial charge is 0.392 e. The third kappa shape index (κ3) is 2.83. The van der Waals surface area contributed by atoms with Crippen LogP contribution in [0.1, 0.15) is 53.2 Å². The number of amides is 1. The fourth-order valence-electron chi connectivity index (χ4n) is 4.07. The number of thiophene rings is 1. The molecule has 3 rings (SSSR count). The van der Waals surface area contributed by atoms with Gasteiger partial charge in [-0.3, -0.25) is 4.79 Å². The Labute approximate surface area is 142 Å². The zero-order valence-corrected chi connectivity index (χ0v) is 15.1. The van der Waals surface area contributed by atoms with E-state index in [-0.39, 0.29) is 23.5 Å². The Balaban J connectivity index is 1.65. The number of carbonyl (C=O) groups is 1. The summed E-state index contributed by atoms with van der Waals surface area (Å²) in [7, 11) is 0. The van der Waals surface area contributed by atoms with Crippen molar-refractivity contribution in [1.29, 1.82) is 0 Å². The van der Waals surface area contributed by atoms with E-state index in [0.717, 1.165) is 43.6 Å². The van der Waals surface area contributed by atoms with Crippen molar-refractivity contribution in [3.63, 3.8) is 0 Å². The molecule has 1 saturated heterocycles. The molecule has 1 aromatic heterocycles. The molecule has 128 valence electrons. The van der Waals surface area contributed by atoms with Gasteiger partial charge in [0.25, 0.3) is 5.91 Å². The second-order valence-corrected chi connectivity index (χ2v) is 7.93. The van der Waals surface area contributed by atoms with Crippen LogP contribution in [0, 0.1) is 12.3 Å². The zero-order valence-electron chi connectivity index (χ0n) is 14.3. The maximum absolute atomic E-state index is 12.7. The monoisotopic (exact) mass is 337 g/mol. The second kappa shape index (κ2) is 6.54. The molecule has 23 heavy (non-hydrogen) atoms. The van der Waals surface area contributed by atoms with Gasteiger partial charge in [0, 0.05) is 36.4 Å². The Bertz CT molecular complexity index is 573. The quantitative estimate of drug-likeness (QED) is 0.919. The average molecular weight is 337 g/mol. The molecule has 2 aliphatic rings. The van der Waals surface area contributed by atoms with Gasteiger partial charge in [-0.05, 0) is 44.7 Å². The van der Waals surface area contributed by atoms with Crippen LogP contribution < -0.4 is 0 Å². The smallest absolute Gasteiger partial charge is 0.263 e. The Kier molecular flexibility index (Phi) is 4.81. The number of aliphatic hydroxyl groups excluding tert-OH is 1. The number of piperidine rings is 1. The number of hydrogen-bond donors (Lipinski definition) is 1. The van der Waals surface area contributed by atoms with Crippen molar-refractivity contribution in [3.8, 4) is 0 Å². The summed E-state index contributed by atoms with van der Waals surface area (Å²) < 4.78 is 5.79. The van der Waals surface area contributed by atoms with E-state index >= 15 is 0 Å². The lowest BCUT2D eigenvalue weighted by atomic mass is 9.58. The fourth-order valence-corrected chi connectivity index (χ4v) is 5.16. The minimum Gasteiger partial charge on any atom is -0.392 e. The first-order valence-electron chi connectivity index (χ1n) is 8.70. The van der Waals surface area contributed by atoms with Crippen molar-refractivity contribution >= 4 is 17.2 Å². The van der Waals surface area contributed by atoms with Gasteiger partial charge in [0.05, 0.1) is 17.1 Å². The topological polar surface area (TPSA) is 49.8 Å². The summed E-state index contributed by atoms with van der Waals surface area (Å²) in [5, 5.41) is 10.3. The normalized spacial score (nSPS) is 26.3. The van der Waals surface area contributed by atoms with E-state index in [1.54, 1.807) is 11.3 Å². The summed E-state index contributed by atoms with van der Waals surface area (Å²) in [6.07, 6.45) is 3.30. The molecule has 1 aromatic rings. The van der Waals surface area contributed by atoms with Gasteiger partial charge >= 0.3 is 0 Å². The number of nitrogens with zero attached hydrogens (tertiary/aromatic N) is 1. The average Bonchev–Trinajstić information content (AvgIpc) is 2.95. The molecule has 2 fully saturated rings. The number of aryl methyl sites for hydroxylation is 2. The maximum atomic E-state index is 12.7. The molecule has 1 aliphatic heterocycles. The Hall–Kier alpha value is -0.910. The summed E-state index contributed by atoms with van der Waals surface area (Å²) in [4.78, 5) is 16.8. The van der Waals surface area contributed by atoms with Crippen molar-refractivity contribution in [2.24, 2.45) is 5.41 Å². The van der Waals surface area contributed by atoms with Crippen LogP contribution in [0.4, 0.5) is 0 Å². The molecule has 1 N–H and O–H groups in total. The van der Waals surface area contributed by atoms with E-state index in [4.69, 9.17) is 4.74 Å². The Morgan fingerprint density at radius 3 is 2.65 bits per heavy atom. The lowest BCUT2D eigenvalue weighted by Crippen LogP contribution is -2.62. The molecule has 4 nitrogen and oxygen atoms in total. The summed E-state index contributed by atoms with van der Waals surface area (Å²) in [6.45, 7) is 8.34. The van der Waals surface area contributed by atoms with Crippen molar-refractivity contribution in [2.45, 2.75) is 58.7 Å². The third-order valence-electron chi connectivity index (χ3n) is 5.64. The minimum absolute atomic E-state index is 0.118. The highest BCUT2D eigenvalue weighted by molar-refractivity contribution is 7.14. The molecule has 2 unspecified atom stereocenters. The lowest BCUT2D eigenvalue weighted by molar-refractivity contribution is -0.207. The first-order valence-corrected chi connectivity index (χ1v) is 9.51. The van der Waals surface area contributed by atoms with Crippen LogP contribution in [0.5, 0.6) is 0 Å². The third-order valence-corrected chi connectivity index (χ3v) is 7.01. The number of rotatable bonds is 4. The van der Waals surface area contributed by atoms with Crippen molar-refractivity contribution in [3.05, 3.63) is 21.4 Å². The highest BCUT2D eigenvalue weighted by Gasteiger charge is 2.56. The molecule has 5 heteroatoms. The van der Waals surface area contributed by atoms with Crippen molar-refractivity contribution in [2.75, 3.05) is 19.7 Å². The van der Waals surface area contributed by atoms with Crippen LogP contribution in [-0.2, 0) is 11.2 Å². The van der Waals surface area contributed by atoms with E-state index in [2.05, 4.69) is 13.8 Å². The highest BCUT2D eigenvalue weighted by Crippen LogP contribution is 2.51. The molecule has 1 aliphatic carbocycles. The van der Waals surface area contributed by atoms with Gasteiger partial charge in [-0.2, -0.15) is 0 Å². The number of hydrogen-bond acceptors (Lipinski definition) is 4. The van der Waals surface area contributed by atoms with E-state index in [9.17, 15) is 9.90 Å². The molecule has 1 spiro atoms. The zero-order chi connectivity index (χ0) is 16.6. The molecule has 0 radical (unpaired) electrons. The molecule has 2 heterocycles. The number of likely N-dealkylation sites (tertiary alicyclic amines) is 1. The van der Waals surface area contributed by atoms with Crippen molar-refractivity contribution in [1.82, 2.24) is 4.90 Å². The van der Waals surface area contributed by atoms with Crippen LogP contribution >= 0.6 is 11.3 Å². The molecule has 2 atom stereocenters. The van der Waals surface area contributed by atoms with Crippen LogP contribution in [0.25, 0.3) is 0 Å². The Morgan fingerprint density at radius 2 is 2.13 bits per heavy atom. The van der Waals surface area contributed by atoms with E-state index in [0.29, 0.717) is 6.61 Å². The summed E-state index contributed by atoms with van der Waals surface area (Å²) in [6, 6.07) is 2.03. The molecular weight excluding hydrogens is 310 g/mol. The number of carbonyl (C=O) groups excluding carboxylic acids is 1. The lowest BCUT2D eigenvalue weighted by Gasteiger charge is -2.56. The second-order valence-electron chi connectivity index (χ2n) is 6.79. The van der Waals surface area contributed by atoms with E-state index in [1.807, 2.05) is 17.9 Å². The molecule has 1 amide bonds. The maximum Gasteiger partial charge on any atom is 0.263 e. The molecule has 0 aromatic carbocycles. The predicted molar refractivity (Wildman–Crippen MR) is 92.0 cm³/mol. The van der Waals surface area contributed by atoms with Crippen LogP contribution in [-0.4, -0.2) is 47.8 Å². The Morgan fingerprint density at radius 1 is 1.43 bits per heavy atom. The number of ether oxygens (including phenoxy) is 1. The first kappa shape index (κ1) is 16.9. The van der Waals surface area contributed by atoms with Gasteiger partial charge in [0.2, 0.25) is 0 Å².